The molecule has 3 N–H and O–H groups in total. The normalized spacial score (nSPS) is 21.9. The van der Waals surface area contributed by atoms with Gasteiger partial charge in [0.05, 0.1) is 0 Å². The number of nitrogens with two attached hydrogens (primary N) is 1. The Bertz CT molecular complexity index is 196. The molecule has 1 aliphatic heterocycles. The van der Waals surface area contributed by atoms with E-state index in [2.05, 4.69) is 17.3 Å². The maximum atomic E-state index is 11.4. The molecule has 1 atom stereocenters. The predicted molar refractivity (Wildman–Crippen MR) is 61.6 cm³/mol. The lowest BCUT2D eigenvalue weighted by Crippen LogP contribution is -2.38. The topological polar surface area (TPSA) is 58.4 Å². The predicted octanol–water partition coefficient (Wildman–Crippen LogP) is 0.326. The van der Waals surface area contributed by atoms with E-state index in [4.69, 9.17) is 5.73 Å². The highest BCUT2D eigenvalue weighted by Crippen LogP contribution is 2.13. The molecule has 0 aromatic carbocycles. The Labute approximate surface area is 92.2 Å². The minimum absolute atomic E-state index is 0.170. The van der Waals surface area contributed by atoms with E-state index in [0.29, 0.717) is 19.0 Å². The van der Waals surface area contributed by atoms with Crippen molar-refractivity contribution < 1.29 is 4.79 Å². The molecule has 1 heterocycles. The number of hydrogen-bond donors (Lipinski definition) is 2. The minimum Gasteiger partial charge on any atom is -0.355 e. The van der Waals surface area contributed by atoms with Crippen molar-refractivity contribution in [1.29, 1.82) is 0 Å². The standard InChI is InChI=1S/C11H23N3O/c1-14-8-4-5-10(14)9-13-11(15)6-2-3-7-12/h10H,2-9,12H2,1H3,(H,13,15). The first-order valence-electron chi connectivity index (χ1n) is 5.91. The van der Waals surface area contributed by atoms with Gasteiger partial charge in [-0.3, -0.25) is 4.79 Å². The van der Waals surface area contributed by atoms with Crippen molar-refractivity contribution in [2.75, 3.05) is 26.7 Å². The van der Waals surface area contributed by atoms with E-state index >= 15 is 0 Å². The molecule has 1 saturated heterocycles. The Hall–Kier alpha value is -0.610. The molecular weight excluding hydrogens is 190 g/mol. The number of unbranched alkanes of at least 4 members (excludes halogenated alkanes) is 1. The molecule has 0 aromatic heterocycles. The Morgan fingerprint density at radius 2 is 2.33 bits per heavy atom. The van der Waals surface area contributed by atoms with Crippen LogP contribution >= 0.6 is 0 Å². The van der Waals surface area contributed by atoms with Crippen LogP contribution in [0.3, 0.4) is 0 Å². The van der Waals surface area contributed by atoms with E-state index < -0.39 is 0 Å². The minimum atomic E-state index is 0.170. The lowest BCUT2D eigenvalue weighted by atomic mass is 10.2. The molecule has 1 aliphatic rings. The summed E-state index contributed by atoms with van der Waals surface area (Å²) in [6.07, 6.45) is 4.93. The molecule has 0 spiro atoms. The summed E-state index contributed by atoms with van der Waals surface area (Å²) in [5, 5.41) is 2.99. The quantitative estimate of drug-likeness (QED) is 0.625. The van der Waals surface area contributed by atoms with Crippen molar-refractivity contribution in [3.05, 3.63) is 0 Å². The maximum Gasteiger partial charge on any atom is 0.220 e. The SMILES string of the molecule is CN1CCCC1CNC(=O)CCCCN. The first-order chi connectivity index (χ1) is 7.24. The maximum absolute atomic E-state index is 11.4. The lowest BCUT2D eigenvalue weighted by molar-refractivity contribution is -0.121. The molecule has 0 bridgehead atoms. The summed E-state index contributed by atoms with van der Waals surface area (Å²) in [4.78, 5) is 13.7. The molecule has 1 unspecified atom stereocenters. The van der Waals surface area contributed by atoms with Crippen molar-refractivity contribution in [3.63, 3.8) is 0 Å². The second-order valence-corrected chi connectivity index (χ2v) is 4.33. The number of carbonyl (C=O) groups excluding carboxylic acids is 1. The average Bonchev–Trinajstić information content (AvgIpc) is 2.61. The van der Waals surface area contributed by atoms with E-state index in [1.54, 1.807) is 0 Å². The zero-order chi connectivity index (χ0) is 11.1. The van der Waals surface area contributed by atoms with Gasteiger partial charge in [0.15, 0.2) is 0 Å². The van der Waals surface area contributed by atoms with Crippen LogP contribution in [0.15, 0.2) is 0 Å². The lowest BCUT2D eigenvalue weighted by Gasteiger charge is -2.19. The summed E-state index contributed by atoms with van der Waals surface area (Å²) >= 11 is 0. The number of nitrogens with zero attached hydrogens (tertiary/aromatic N) is 1. The zero-order valence-corrected chi connectivity index (χ0v) is 9.67. The van der Waals surface area contributed by atoms with Crippen LogP contribution < -0.4 is 11.1 Å². The number of amides is 1. The summed E-state index contributed by atoms with van der Waals surface area (Å²) in [6.45, 7) is 2.64. The van der Waals surface area contributed by atoms with Gasteiger partial charge in [-0.2, -0.15) is 0 Å². The summed E-state index contributed by atoms with van der Waals surface area (Å²) in [5.74, 6) is 0.170. The number of nitrogens with one attached hydrogen (secondary N) is 1. The summed E-state index contributed by atoms with van der Waals surface area (Å²) in [5.41, 5.74) is 5.37. The highest BCUT2D eigenvalue weighted by atomic mass is 16.1. The monoisotopic (exact) mass is 213 g/mol. The number of rotatable bonds is 6. The number of likely N-dealkylation sites (tertiary alicyclic amines) is 1. The van der Waals surface area contributed by atoms with Crippen LogP contribution in [0.25, 0.3) is 0 Å². The molecule has 1 fully saturated rings. The molecule has 0 radical (unpaired) electrons. The van der Waals surface area contributed by atoms with Crippen molar-refractivity contribution in [2.45, 2.75) is 38.1 Å². The van der Waals surface area contributed by atoms with Gasteiger partial charge in [-0.25, -0.2) is 0 Å². The van der Waals surface area contributed by atoms with E-state index in [1.165, 1.54) is 12.8 Å². The van der Waals surface area contributed by atoms with Crippen LogP contribution in [0.4, 0.5) is 0 Å². The van der Waals surface area contributed by atoms with Gasteiger partial charge in [0.1, 0.15) is 0 Å². The largest absolute Gasteiger partial charge is 0.355 e. The van der Waals surface area contributed by atoms with Crippen LogP contribution in [0.1, 0.15) is 32.1 Å². The third-order valence-electron chi connectivity index (χ3n) is 3.06. The van der Waals surface area contributed by atoms with Gasteiger partial charge in [-0.1, -0.05) is 0 Å². The van der Waals surface area contributed by atoms with Gasteiger partial charge in [0.2, 0.25) is 5.91 Å². The van der Waals surface area contributed by atoms with Crippen LogP contribution in [0.5, 0.6) is 0 Å². The van der Waals surface area contributed by atoms with E-state index in [-0.39, 0.29) is 5.91 Å². The third-order valence-corrected chi connectivity index (χ3v) is 3.06. The first-order valence-corrected chi connectivity index (χ1v) is 5.91. The molecular formula is C11H23N3O. The third kappa shape index (κ3) is 4.62. The van der Waals surface area contributed by atoms with E-state index in [9.17, 15) is 4.79 Å². The average molecular weight is 213 g/mol. The summed E-state index contributed by atoms with van der Waals surface area (Å²) in [6, 6.07) is 0.545. The molecule has 1 amide bonds. The molecule has 0 aromatic rings. The second-order valence-electron chi connectivity index (χ2n) is 4.33. The number of hydrogen-bond acceptors (Lipinski definition) is 3. The first kappa shape index (κ1) is 12.5. The van der Waals surface area contributed by atoms with Crippen LogP contribution in [-0.2, 0) is 4.79 Å². The van der Waals surface area contributed by atoms with Crippen LogP contribution in [0.2, 0.25) is 0 Å². The molecule has 4 heteroatoms. The highest BCUT2D eigenvalue weighted by molar-refractivity contribution is 5.75. The van der Waals surface area contributed by atoms with Crippen molar-refractivity contribution in [3.8, 4) is 0 Å². The Morgan fingerprint density at radius 1 is 1.53 bits per heavy atom. The fraction of sp³-hybridized carbons (Fsp3) is 0.909. The summed E-state index contributed by atoms with van der Waals surface area (Å²) in [7, 11) is 2.12. The number of carbonyl (C=O) groups is 1. The molecule has 1 rings (SSSR count). The van der Waals surface area contributed by atoms with Gasteiger partial charge in [0.25, 0.3) is 0 Å². The smallest absolute Gasteiger partial charge is 0.220 e. The molecule has 4 nitrogen and oxygen atoms in total. The van der Waals surface area contributed by atoms with Gasteiger partial charge in [0, 0.05) is 19.0 Å². The molecule has 88 valence electrons. The van der Waals surface area contributed by atoms with Crippen molar-refractivity contribution >= 4 is 5.91 Å². The second kappa shape index (κ2) is 6.80. The molecule has 0 saturated carbocycles. The van der Waals surface area contributed by atoms with Crippen LogP contribution in [0, 0.1) is 0 Å². The van der Waals surface area contributed by atoms with E-state index in [0.717, 1.165) is 25.9 Å². The van der Waals surface area contributed by atoms with Crippen molar-refractivity contribution in [1.82, 2.24) is 10.2 Å². The van der Waals surface area contributed by atoms with Gasteiger partial charge in [-0.15, -0.1) is 0 Å². The number of likely N-dealkylation sites (N-methyl/N-ethyl adjacent to an activating group) is 1. The Kier molecular flexibility index (Phi) is 5.65. The Morgan fingerprint density at radius 3 is 2.93 bits per heavy atom. The van der Waals surface area contributed by atoms with Gasteiger partial charge < -0.3 is 16.0 Å². The van der Waals surface area contributed by atoms with E-state index in [1.807, 2.05) is 0 Å². The fourth-order valence-electron chi connectivity index (χ4n) is 1.99. The zero-order valence-electron chi connectivity index (χ0n) is 9.67. The molecule has 15 heavy (non-hydrogen) atoms. The van der Waals surface area contributed by atoms with Crippen molar-refractivity contribution in [2.24, 2.45) is 5.73 Å². The highest BCUT2D eigenvalue weighted by Gasteiger charge is 2.20. The Balaban J connectivity index is 2.05. The van der Waals surface area contributed by atoms with Gasteiger partial charge in [-0.05, 0) is 45.8 Å². The fourth-order valence-corrected chi connectivity index (χ4v) is 1.99. The van der Waals surface area contributed by atoms with Crippen LogP contribution in [-0.4, -0.2) is 43.5 Å². The molecule has 0 aliphatic carbocycles. The van der Waals surface area contributed by atoms with Gasteiger partial charge >= 0.3 is 0 Å². The summed E-state index contributed by atoms with van der Waals surface area (Å²) < 4.78 is 0.